The van der Waals surface area contributed by atoms with Gasteiger partial charge in [-0.25, -0.2) is 0 Å². The molecule has 2 aromatic heterocycles. The Labute approximate surface area is 124 Å². The van der Waals surface area contributed by atoms with Crippen molar-refractivity contribution in [3.8, 4) is 11.6 Å². The van der Waals surface area contributed by atoms with Crippen LogP contribution in [0.25, 0.3) is 5.65 Å². The molecule has 3 rings (SSSR count). The van der Waals surface area contributed by atoms with E-state index in [1.165, 1.54) is 0 Å². The van der Waals surface area contributed by atoms with Crippen molar-refractivity contribution in [2.24, 2.45) is 0 Å². The van der Waals surface area contributed by atoms with Crippen LogP contribution < -0.4 is 4.74 Å². The molecule has 0 aliphatic heterocycles. The number of aromatic nitrogens is 2. The summed E-state index contributed by atoms with van der Waals surface area (Å²) in [5.74, 6) is 0.997. The normalized spacial score (nSPS) is 10.7. The third-order valence-electron chi connectivity index (χ3n) is 2.99. The number of halogens is 1. The number of nitrogens with zero attached hydrogens (tertiary/aromatic N) is 2. The number of pyridine rings is 1. The summed E-state index contributed by atoms with van der Waals surface area (Å²) < 4.78 is 8.47. The fourth-order valence-corrected chi connectivity index (χ4v) is 2.48. The minimum Gasteiger partial charge on any atom is -0.437 e. The molecule has 0 radical (unpaired) electrons. The standard InChI is InChI=1S/C15H11BrN2O2/c1-10-8-11(16)5-6-13(10)20-15-12(9-19)18-7-3-2-4-14(18)17-15/h2-9H,1H3. The lowest BCUT2D eigenvalue weighted by Crippen LogP contribution is -1.94. The predicted molar refractivity (Wildman–Crippen MR) is 79.5 cm³/mol. The van der Waals surface area contributed by atoms with E-state index >= 15 is 0 Å². The summed E-state index contributed by atoms with van der Waals surface area (Å²) in [6.07, 6.45) is 2.54. The van der Waals surface area contributed by atoms with Crippen LogP contribution in [0.15, 0.2) is 47.1 Å². The van der Waals surface area contributed by atoms with Gasteiger partial charge >= 0.3 is 0 Å². The van der Waals surface area contributed by atoms with Crippen LogP contribution in [0.2, 0.25) is 0 Å². The van der Waals surface area contributed by atoms with Gasteiger partial charge in [0.2, 0.25) is 5.88 Å². The number of hydrogen-bond donors (Lipinski definition) is 0. The number of carbonyl (C=O) groups excluding carboxylic acids is 1. The summed E-state index contributed by atoms with van der Waals surface area (Å²) in [5.41, 5.74) is 2.05. The Morgan fingerprint density at radius 3 is 2.90 bits per heavy atom. The molecule has 0 saturated heterocycles. The SMILES string of the molecule is Cc1cc(Br)ccc1Oc1nc2ccccn2c1C=O. The molecule has 2 heterocycles. The summed E-state index contributed by atoms with van der Waals surface area (Å²) in [4.78, 5) is 15.6. The third-order valence-corrected chi connectivity index (χ3v) is 3.48. The second kappa shape index (κ2) is 5.09. The van der Waals surface area contributed by atoms with Crippen molar-refractivity contribution in [2.75, 3.05) is 0 Å². The molecule has 4 nitrogen and oxygen atoms in total. The summed E-state index contributed by atoms with van der Waals surface area (Å²) in [6.45, 7) is 1.94. The van der Waals surface area contributed by atoms with Gasteiger partial charge in [-0.2, -0.15) is 4.98 Å². The molecule has 100 valence electrons. The minimum absolute atomic E-state index is 0.316. The fraction of sp³-hybridized carbons (Fsp3) is 0.0667. The summed E-state index contributed by atoms with van der Waals surface area (Å²) in [5, 5.41) is 0. The molecular formula is C15H11BrN2O2. The van der Waals surface area contributed by atoms with Crippen LogP contribution in [-0.2, 0) is 0 Å². The molecule has 0 bridgehead atoms. The number of imidazole rings is 1. The maximum atomic E-state index is 11.3. The van der Waals surface area contributed by atoms with Crippen LogP contribution in [0.4, 0.5) is 0 Å². The third kappa shape index (κ3) is 2.20. The van der Waals surface area contributed by atoms with Crippen molar-refractivity contribution >= 4 is 27.9 Å². The lowest BCUT2D eigenvalue weighted by molar-refractivity contribution is 0.111. The fourth-order valence-electron chi connectivity index (χ4n) is 2.01. The molecule has 0 spiro atoms. The second-order valence-corrected chi connectivity index (χ2v) is 5.28. The molecule has 20 heavy (non-hydrogen) atoms. The quantitative estimate of drug-likeness (QED) is 0.681. The van der Waals surface area contributed by atoms with E-state index in [0.29, 0.717) is 23.0 Å². The van der Waals surface area contributed by atoms with Crippen LogP contribution in [0, 0.1) is 6.92 Å². The first-order chi connectivity index (χ1) is 9.69. The van der Waals surface area contributed by atoms with Gasteiger partial charge in [-0.05, 0) is 42.8 Å². The van der Waals surface area contributed by atoms with Gasteiger partial charge in [0.05, 0.1) is 0 Å². The first-order valence-electron chi connectivity index (χ1n) is 6.05. The number of rotatable bonds is 3. The average molecular weight is 331 g/mol. The molecule has 1 aromatic carbocycles. The average Bonchev–Trinajstić information content (AvgIpc) is 2.79. The highest BCUT2D eigenvalue weighted by molar-refractivity contribution is 9.10. The van der Waals surface area contributed by atoms with Crippen LogP contribution >= 0.6 is 15.9 Å². The smallest absolute Gasteiger partial charge is 0.249 e. The lowest BCUT2D eigenvalue weighted by Gasteiger charge is -2.06. The van der Waals surface area contributed by atoms with E-state index in [0.717, 1.165) is 16.3 Å². The van der Waals surface area contributed by atoms with Gasteiger partial charge in [-0.3, -0.25) is 9.20 Å². The van der Waals surface area contributed by atoms with Crippen molar-refractivity contribution in [3.63, 3.8) is 0 Å². The molecule has 0 saturated carbocycles. The molecule has 0 aliphatic carbocycles. The number of hydrogen-bond acceptors (Lipinski definition) is 3. The second-order valence-electron chi connectivity index (χ2n) is 4.36. The number of benzene rings is 1. The Kier molecular flexibility index (Phi) is 3.28. The van der Waals surface area contributed by atoms with Gasteiger partial charge in [0.1, 0.15) is 11.4 Å². The maximum absolute atomic E-state index is 11.3. The summed E-state index contributed by atoms with van der Waals surface area (Å²) in [7, 11) is 0. The Bertz CT molecular complexity index is 796. The minimum atomic E-state index is 0.316. The first-order valence-corrected chi connectivity index (χ1v) is 6.84. The van der Waals surface area contributed by atoms with Gasteiger partial charge < -0.3 is 4.74 Å². The monoisotopic (exact) mass is 330 g/mol. The van der Waals surface area contributed by atoms with Crippen molar-refractivity contribution in [3.05, 3.63) is 58.3 Å². The zero-order chi connectivity index (χ0) is 14.1. The van der Waals surface area contributed by atoms with Crippen molar-refractivity contribution in [2.45, 2.75) is 6.92 Å². The van der Waals surface area contributed by atoms with Gasteiger partial charge in [0.25, 0.3) is 0 Å². The molecule has 0 N–H and O–H groups in total. The summed E-state index contributed by atoms with van der Waals surface area (Å²) >= 11 is 3.41. The van der Waals surface area contributed by atoms with Gasteiger partial charge in [-0.1, -0.05) is 22.0 Å². The molecule has 5 heteroatoms. The highest BCUT2D eigenvalue weighted by Crippen LogP contribution is 2.29. The first kappa shape index (κ1) is 12.9. The molecular weight excluding hydrogens is 320 g/mol. The Balaban J connectivity index is 2.08. The summed E-state index contributed by atoms with van der Waals surface area (Å²) in [6, 6.07) is 11.2. The topological polar surface area (TPSA) is 43.6 Å². The van der Waals surface area contributed by atoms with E-state index in [4.69, 9.17) is 4.74 Å². The van der Waals surface area contributed by atoms with E-state index in [-0.39, 0.29) is 0 Å². The van der Waals surface area contributed by atoms with Crippen molar-refractivity contribution in [1.82, 2.24) is 9.38 Å². The molecule has 0 unspecified atom stereocenters. The van der Waals surface area contributed by atoms with Crippen molar-refractivity contribution < 1.29 is 9.53 Å². The van der Waals surface area contributed by atoms with Crippen LogP contribution in [0.3, 0.4) is 0 Å². The van der Waals surface area contributed by atoms with E-state index in [2.05, 4.69) is 20.9 Å². The molecule has 0 amide bonds. The zero-order valence-corrected chi connectivity index (χ0v) is 12.3. The van der Waals surface area contributed by atoms with E-state index in [9.17, 15) is 4.79 Å². The molecule has 3 aromatic rings. The number of carbonyl (C=O) groups is 1. The Morgan fingerprint density at radius 2 is 2.15 bits per heavy atom. The van der Waals surface area contributed by atoms with Crippen LogP contribution in [0.5, 0.6) is 11.6 Å². The highest BCUT2D eigenvalue weighted by Gasteiger charge is 2.14. The van der Waals surface area contributed by atoms with Gasteiger partial charge in [0, 0.05) is 10.7 Å². The van der Waals surface area contributed by atoms with Crippen LogP contribution in [0.1, 0.15) is 16.1 Å². The van der Waals surface area contributed by atoms with E-state index in [1.807, 2.05) is 43.3 Å². The van der Waals surface area contributed by atoms with E-state index in [1.54, 1.807) is 10.6 Å². The van der Waals surface area contributed by atoms with Crippen LogP contribution in [-0.4, -0.2) is 15.7 Å². The number of aldehydes is 1. The van der Waals surface area contributed by atoms with Gasteiger partial charge in [-0.15, -0.1) is 0 Å². The number of fused-ring (bicyclic) bond motifs is 1. The van der Waals surface area contributed by atoms with Crippen molar-refractivity contribution in [1.29, 1.82) is 0 Å². The maximum Gasteiger partial charge on any atom is 0.249 e. The Morgan fingerprint density at radius 1 is 1.30 bits per heavy atom. The molecule has 0 atom stereocenters. The Hall–Kier alpha value is -2.14. The molecule has 0 aliphatic rings. The predicted octanol–water partition coefficient (Wildman–Crippen LogP) is 4.01. The van der Waals surface area contributed by atoms with E-state index < -0.39 is 0 Å². The largest absolute Gasteiger partial charge is 0.437 e. The van der Waals surface area contributed by atoms with Gasteiger partial charge in [0.15, 0.2) is 12.0 Å². The highest BCUT2D eigenvalue weighted by atomic mass is 79.9. The number of aryl methyl sites for hydroxylation is 1. The number of ether oxygens (including phenoxy) is 1. The lowest BCUT2D eigenvalue weighted by atomic mass is 10.2. The molecule has 0 fully saturated rings. The zero-order valence-electron chi connectivity index (χ0n) is 10.7.